The van der Waals surface area contributed by atoms with E-state index in [1.165, 1.54) is 11.8 Å². The molecule has 4 nitrogen and oxygen atoms in total. The van der Waals surface area contributed by atoms with E-state index in [2.05, 4.69) is 5.32 Å². The van der Waals surface area contributed by atoms with Gasteiger partial charge in [0.05, 0.1) is 10.0 Å². The van der Waals surface area contributed by atoms with Crippen LogP contribution in [0.15, 0.2) is 48.5 Å². The molecule has 0 unspecified atom stereocenters. The minimum absolute atomic E-state index is 0.0372. The van der Waals surface area contributed by atoms with Gasteiger partial charge in [0.2, 0.25) is 11.8 Å². The van der Waals surface area contributed by atoms with E-state index in [0.29, 0.717) is 22.3 Å². The van der Waals surface area contributed by atoms with E-state index in [0.717, 1.165) is 5.56 Å². The molecule has 120 valence electrons. The van der Waals surface area contributed by atoms with Crippen LogP contribution in [0.1, 0.15) is 12.5 Å². The van der Waals surface area contributed by atoms with Gasteiger partial charge in [-0.15, -0.1) is 0 Å². The molecule has 0 aromatic heterocycles. The van der Waals surface area contributed by atoms with Gasteiger partial charge in [0.1, 0.15) is 6.54 Å². The van der Waals surface area contributed by atoms with Gasteiger partial charge in [-0.3, -0.25) is 9.59 Å². The minimum atomic E-state index is -0.297. The van der Waals surface area contributed by atoms with Crippen LogP contribution in [0.3, 0.4) is 0 Å². The van der Waals surface area contributed by atoms with E-state index in [1.54, 1.807) is 18.2 Å². The summed E-state index contributed by atoms with van der Waals surface area (Å²) in [5.41, 5.74) is 1.50. The number of hydrogen-bond acceptors (Lipinski definition) is 2. The molecule has 23 heavy (non-hydrogen) atoms. The van der Waals surface area contributed by atoms with Crippen molar-refractivity contribution < 1.29 is 9.59 Å². The van der Waals surface area contributed by atoms with Crippen LogP contribution in [-0.2, 0) is 16.1 Å². The monoisotopic (exact) mass is 350 g/mol. The lowest BCUT2D eigenvalue weighted by atomic mass is 10.2. The SMILES string of the molecule is CC(=O)N(CC(=O)Nc1ccc(Cl)c(Cl)c1)Cc1ccccc1. The Balaban J connectivity index is 2.00. The standard InChI is InChI=1S/C17H16Cl2N2O2/c1-12(22)21(10-13-5-3-2-4-6-13)11-17(23)20-14-7-8-15(18)16(19)9-14/h2-9H,10-11H2,1H3,(H,20,23). The number of halogens is 2. The Morgan fingerprint density at radius 1 is 1.04 bits per heavy atom. The maximum atomic E-state index is 12.1. The normalized spacial score (nSPS) is 10.2. The average Bonchev–Trinajstić information content (AvgIpc) is 2.51. The van der Waals surface area contributed by atoms with Gasteiger partial charge in [-0.05, 0) is 23.8 Å². The van der Waals surface area contributed by atoms with Crippen LogP contribution in [-0.4, -0.2) is 23.3 Å². The molecule has 0 spiro atoms. The topological polar surface area (TPSA) is 49.4 Å². The molecule has 2 aromatic carbocycles. The molecule has 2 amide bonds. The van der Waals surface area contributed by atoms with Crippen molar-refractivity contribution in [1.29, 1.82) is 0 Å². The van der Waals surface area contributed by atoms with Crippen LogP contribution >= 0.6 is 23.2 Å². The number of nitrogens with zero attached hydrogens (tertiary/aromatic N) is 1. The third kappa shape index (κ3) is 5.27. The summed E-state index contributed by atoms with van der Waals surface area (Å²) in [4.78, 5) is 25.3. The van der Waals surface area contributed by atoms with Gasteiger partial charge in [0.15, 0.2) is 0 Å². The van der Waals surface area contributed by atoms with Gasteiger partial charge in [-0.25, -0.2) is 0 Å². The first-order valence-corrected chi connectivity index (χ1v) is 7.75. The molecule has 0 bridgehead atoms. The van der Waals surface area contributed by atoms with Gasteiger partial charge >= 0.3 is 0 Å². The van der Waals surface area contributed by atoms with Crippen molar-refractivity contribution in [3.05, 3.63) is 64.1 Å². The summed E-state index contributed by atoms with van der Waals surface area (Å²) < 4.78 is 0. The number of carbonyl (C=O) groups is 2. The maximum absolute atomic E-state index is 12.1. The largest absolute Gasteiger partial charge is 0.329 e. The number of rotatable bonds is 5. The molecule has 0 heterocycles. The molecule has 0 radical (unpaired) electrons. The van der Waals surface area contributed by atoms with Crippen molar-refractivity contribution >= 4 is 40.7 Å². The van der Waals surface area contributed by atoms with E-state index >= 15 is 0 Å². The molecule has 2 rings (SSSR count). The first-order chi connectivity index (χ1) is 11.0. The lowest BCUT2D eigenvalue weighted by molar-refractivity contribution is -0.133. The molecule has 0 saturated heterocycles. The zero-order valence-electron chi connectivity index (χ0n) is 12.6. The molecule has 0 aliphatic heterocycles. The molecular formula is C17H16Cl2N2O2. The van der Waals surface area contributed by atoms with Crippen LogP contribution in [0.25, 0.3) is 0 Å². The second kappa shape index (κ2) is 7.99. The highest BCUT2D eigenvalue weighted by Crippen LogP contribution is 2.24. The summed E-state index contributed by atoms with van der Waals surface area (Å²) in [6.45, 7) is 1.78. The lowest BCUT2D eigenvalue weighted by Gasteiger charge is -2.20. The first-order valence-electron chi connectivity index (χ1n) is 7.00. The second-order valence-corrected chi connectivity index (χ2v) is 5.85. The van der Waals surface area contributed by atoms with Crippen molar-refractivity contribution in [2.24, 2.45) is 0 Å². The van der Waals surface area contributed by atoms with Gasteiger partial charge in [-0.2, -0.15) is 0 Å². The fourth-order valence-electron chi connectivity index (χ4n) is 2.03. The number of benzene rings is 2. The molecule has 0 saturated carbocycles. The fraction of sp³-hybridized carbons (Fsp3) is 0.176. The van der Waals surface area contributed by atoms with Crippen molar-refractivity contribution in [3.8, 4) is 0 Å². The molecule has 0 atom stereocenters. The molecule has 0 aliphatic carbocycles. The Hall–Kier alpha value is -2.04. The highest BCUT2D eigenvalue weighted by Gasteiger charge is 2.14. The van der Waals surface area contributed by atoms with Crippen LogP contribution in [0.5, 0.6) is 0 Å². The van der Waals surface area contributed by atoms with Gasteiger partial charge in [-0.1, -0.05) is 53.5 Å². The summed E-state index contributed by atoms with van der Waals surface area (Å²) >= 11 is 11.7. The Kier molecular flexibility index (Phi) is 6.02. The predicted octanol–water partition coefficient (Wildman–Crippen LogP) is 3.98. The third-order valence-corrected chi connectivity index (χ3v) is 3.94. The van der Waals surface area contributed by atoms with Gasteiger partial charge < -0.3 is 10.2 Å². The molecular weight excluding hydrogens is 335 g/mol. The van der Waals surface area contributed by atoms with Crippen molar-refractivity contribution in [3.63, 3.8) is 0 Å². The van der Waals surface area contributed by atoms with Crippen molar-refractivity contribution in [2.75, 3.05) is 11.9 Å². The summed E-state index contributed by atoms with van der Waals surface area (Å²) in [6, 6.07) is 14.3. The minimum Gasteiger partial charge on any atom is -0.329 e. The maximum Gasteiger partial charge on any atom is 0.244 e. The average molecular weight is 351 g/mol. The van der Waals surface area contributed by atoms with Crippen LogP contribution in [0.4, 0.5) is 5.69 Å². The second-order valence-electron chi connectivity index (χ2n) is 5.04. The smallest absolute Gasteiger partial charge is 0.244 e. The number of hydrogen-bond donors (Lipinski definition) is 1. The summed E-state index contributed by atoms with van der Waals surface area (Å²) in [5.74, 6) is -0.465. The van der Waals surface area contributed by atoms with Gasteiger partial charge in [0.25, 0.3) is 0 Å². The highest BCUT2D eigenvalue weighted by atomic mass is 35.5. The summed E-state index contributed by atoms with van der Waals surface area (Å²) in [5, 5.41) is 3.48. The molecule has 2 aromatic rings. The third-order valence-electron chi connectivity index (χ3n) is 3.20. The number of anilines is 1. The molecule has 1 N–H and O–H groups in total. The summed E-state index contributed by atoms with van der Waals surface area (Å²) in [7, 11) is 0. The van der Waals surface area contributed by atoms with Crippen LogP contribution in [0, 0.1) is 0 Å². The lowest BCUT2D eigenvalue weighted by Crippen LogP contribution is -2.36. The van der Waals surface area contributed by atoms with Gasteiger partial charge in [0, 0.05) is 19.2 Å². The Bertz CT molecular complexity index is 705. The Morgan fingerprint density at radius 2 is 1.74 bits per heavy atom. The van der Waals surface area contributed by atoms with Crippen LogP contribution < -0.4 is 5.32 Å². The van der Waals surface area contributed by atoms with Crippen molar-refractivity contribution in [1.82, 2.24) is 4.90 Å². The number of carbonyl (C=O) groups excluding carboxylic acids is 2. The first kappa shape index (κ1) is 17.3. The summed E-state index contributed by atoms with van der Waals surface area (Å²) in [6.07, 6.45) is 0. The fourth-order valence-corrected chi connectivity index (χ4v) is 2.33. The predicted molar refractivity (Wildman–Crippen MR) is 92.6 cm³/mol. The Morgan fingerprint density at radius 3 is 2.35 bits per heavy atom. The van der Waals surface area contributed by atoms with Crippen molar-refractivity contribution in [2.45, 2.75) is 13.5 Å². The number of amides is 2. The molecule has 0 fully saturated rings. The van der Waals surface area contributed by atoms with E-state index < -0.39 is 0 Å². The van der Waals surface area contributed by atoms with E-state index in [9.17, 15) is 9.59 Å². The Labute approximate surface area is 145 Å². The zero-order valence-corrected chi connectivity index (χ0v) is 14.1. The van der Waals surface area contributed by atoms with E-state index in [4.69, 9.17) is 23.2 Å². The van der Waals surface area contributed by atoms with E-state index in [-0.39, 0.29) is 18.4 Å². The van der Waals surface area contributed by atoms with E-state index in [1.807, 2.05) is 30.3 Å². The number of nitrogens with one attached hydrogen (secondary N) is 1. The van der Waals surface area contributed by atoms with Crippen LogP contribution in [0.2, 0.25) is 10.0 Å². The highest BCUT2D eigenvalue weighted by molar-refractivity contribution is 6.42. The molecule has 0 aliphatic rings. The molecule has 6 heteroatoms. The quantitative estimate of drug-likeness (QED) is 0.886. The zero-order chi connectivity index (χ0) is 16.8.